The summed E-state index contributed by atoms with van der Waals surface area (Å²) in [6.45, 7) is 0.158. The number of benzene rings is 1. The van der Waals surface area contributed by atoms with E-state index in [2.05, 4.69) is 15.3 Å². The van der Waals surface area contributed by atoms with Crippen LogP contribution in [0.3, 0.4) is 0 Å². The highest BCUT2D eigenvalue weighted by atomic mass is 31.2. The van der Waals surface area contributed by atoms with Crippen molar-refractivity contribution in [1.82, 2.24) is 25.1 Å². The van der Waals surface area contributed by atoms with Gasteiger partial charge in [0.1, 0.15) is 17.8 Å². The van der Waals surface area contributed by atoms with Crippen molar-refractivity contribution in [2.24, 2.45) is 0 Å². The van der Waals surface area contributed by atoms with E-state index in [1.165, 1.54) is 11.0 Å². The van der Waals surface area contributed by atoms with Gasteiger partial charge in [0.25, 0.3) is 5.91 Å². The van der Waals surface area contributed by atoms with Gasteiger partial charge in [-0.3, -0.25) is 14.2 Å². The van der Waals surface area contributed by atoms with Crippen LogP contribution in [0.15, 0.2) is 36.4 Å². The summed E-state index contributed by atoms with van der Waals surface area (Å²) in [6, 6.07) is 8.76. The second-order valence-corrected chi connectivity index (χ2v) is 11.0. The number of nitrogens with zero attached hydrogens (tertiary/aromatic N) is 4. The van der Waals surface area contributed by atoms with Gasteiger partial charge in [-0.25, -0.2) is 9.78 Å². The Kier molecular flexibility index (Phi) is 8.60. The van der Waals surface area contributed by atoms with E-state index in [0.29, 0.717) is 5.56 Å². The second kappa shape index (κ2) is 11.9. The molecule has 1 aromatic heterocycles. The van der Waals surface area contributed by atoms with Gasteiger partial charge in [-0.1, -0.05) is 30.3 Å². The van der Waals surface area contributed by atoms with Crippen molar-refractivity contribution < 1.29 is 38.6 Å². The maximum absolute atomic E-state index is 13.3. The van der Waals surface area contributed by atoms with Crippen molar-refractivity contribution in [2.45, 2.75) is 37.8 Å². The smallest absolute Gasteiger partial charge is 0.407 e. The van der Waals surface area contributed by atoms with Gasteiger partial charge in [0.2, 0.25) is 11.8 Å². The molecular weight excluding hydrogens is 517 g/mol. The number of hydrogen-bond acceptors (Lipinski definition) is 7. The molecule has 38 heavy (non-hydrogen) atoms. The second-order valence-electron chi connectivity index (χ2n) is 9.27. The van der Waals surface area contributed by atoms with Crippen LogP contribution < -0.4 is 10.1 Å². The lowest BCUT2D eigenvalue weighted by molar-refractivity contribution is -0.134. The highest BCUT2D eigenvalue weighted by Gasteiger charge is 2.35. The zero-order chi connectivity index (χ0) is 27.3. The van der Waals surface area contributed by atoms with Gasteiger partial charge in [0.15, 0.2) is 5.82 Å². The molecule has 2 fully saturated rings. The third kappa shape index (κ3) is 7.27. The van der Waals surface area contributed by atoms with Crippen LogP contribution in [0, 0.1) is 0 Å². The van der Waals surface area contributed by atoms with Gasteiger partial charge in [-0.2, -0.15) is 4.98 Å². The molecule has 0 spiro atoms. The number of nitrogens with one attached hydrogen (secondary N) is 1. The summed E-state index contributed by atoms with van der Waals surface area (Å²) in [7, 11) is -4.71. The van der Waals surface area contributed by atoms with Crippen molar-refractivity contribution in [3.05, 3.63) is 42.1 Å². The molecule has 0 radical (unpaired) electrons. The lowest BCUT2D eigenvalue weighted by Gasteiger charge is -2.35. The SMILES string of the molecule is O=C(N[C@@H](CP(=O)(O)O)C(=O)N1CCN(C(=O)O)CC1)c1cc(OC2CCCC2)nc(-c2ccccc2)n1. The fourth-order valence-corrected chi connectivity index (χ4v) is 5.21. The lowest BCUT2D eigenvalue weighted by atomic mass is 10.2. The molecule has 2 aliphatic rings. The van der Waals surface area contributed by atoms with Crippen molar-refractivity contribution >= 4 is 25.5 Å². The summed E-state index contributed by atoms with van der Waals surface area (Å²) < 4.78 is 17.8. The largest absolute Gasteiger partial charge is 0.474 e. The minimum absolute atomic E-state index is 0.0314. The summed E-state index contributed by atoms with van der Waals surface area (Å²) in [5.74, 6) is -1.12. The van der Waals surface area contributed by atoms with Crippen molar-refractivity contribution in [3.63, 3.8) is 0 Å². The average molecular weight is 548 g/mol. The van der Waals surface area contributed by atoms with Gasteiger partial charge in [0.05, 0.1) is 6.16 Å². The van der Waals surface area contributed by atoms with Crippen LogP contribution in [0.25, 0.3) is 11.4 Å². The van der Waals surface area contributed by atoms with Crippen molar-refractivity contribution in [1.29, 1.82) is 0 Å². The lowest BCUT2D eigenvalue weighted by Crippen LogP contribution is -2.56. The molecule has 1 aliphatic heterocycles. The summed E-state index contributed by atoms with van der Waals surface area (Å²) in [5, 5.41) is 11.5. The van der Waals surface area contributed by atoms with E-state index in [0.717, 1.165) is 30.6 Å². The predicted molar refractivity (Wildman–Crippen MR) is 135 cm³/mol. The molecule has 2 aromatic rings. The number of carbonyl (C=O) groups excluding carboxylic acids is 2. The standard InChI is InChI=1S/C24H30N5O8P/c30-22(26-19(15-38(34,35)36)23(31)28-10-12-29(13-11-28)24(32)33)18-14-20(37-17-8-4-5-9-17)27-21(25-18)16-6-2-1-3-7-16/h1-3,6-7,14,17,19H,4-5,8-13,15H2,(H,26,30)(H,32,33)(H2,34,35,36)/t19-/m0/s1. The van der Waals surface area contributed by atoms with Crippen LogP contribution in [0.1, 0.15) is 36.2 Å². The Morgan fingerprint density at radius 1 is 1.03 bits per heavy atom. The van der Waals surface area contributed by atoms with Crippen LogP contribution in [0.2, 0.25) is 0 Å². The van der Waals surface area contributed by atoms with E-state index in [9.17, 15) is 28.7 Å². The Labute approximate surface area is 219 Å². The van der Waals surface area contributed by atoms with E-state index in [1.807, 2.05) is 6.07 Å². The first kappa shape index (κ1) is 27.5. The number of piperazine rings is 1. The highest BCUT2D eigenvalue weighted by Crippen LogP contribution is 2.35. The summed E-state index contributed by atoms with van der Waals surface area (Å²) in [6.07, 6.45) is 1.70. The number of ether oxygens (including phenoxy) is 1. The molecule has 2 heterocycles. The number of hydrogen-bond donors (Lipinski definition) is 4. The number of carboxylic acid groups (broad SMARTS) is 1. The number of aromatic nitrogens is 2. The first-order valence-corrected chi connectivity index (χ1v) is 14.1. The number of carbonyl (C=O) groups is 3. The monoisotopic (exact) mass is 547 g/mol. The van der Waals surface area contributed by atoms with Gasteiger partial charge in [0, 0.05) is 37.8 Å². The van der Waals surface area contributed by atoms with Crippen LogP contribution >= 0.6 is 7.60 Å². The first-order valence-electron chi connectivity index (χ1n) is 12.3. The van der Waals surface area contributed by atoms with E-state index in [4.69, 9.17) is 9.84 Å². The topological polar surface area (TPSA) is 182 Å². The Hall–Kier alpha value is -3.54. The van der Waals surface area contributed by atoms with Gasteiger partial charge < -0.3 is 34.7 Å². The minimum Gasteiger partial charge on any atom is -0.474 e. The molecule has 0 unspecified atom stereocenters. The fourth-order valence-electron chi connectivity index (χ4n) is 4.49. The molecule has 4 rings (SSSR count). The van der Waals surface area contributed by atoms with Crippen LogP contribution in [0.4, 0.5) is 4.79 Å². The molecule has 1 atom stereocenters. The Bertz CT molecular complexity index is 1210. The van der Waals surface area contributed by atoms with Crippen LogP contribution in [-0.4, -0.2) is 97.1 Å². The van der Waals surface area contributed by atoms with Gasteiger partial charge in [-0.05, 0) is 25.7 Å². The fraction of sp³-hybridized carbons (Fsp3) is 0.458. The Balaban J connectivity index is 1.57. The molecule has 14 heteroatoms. The molecule has 3 amide bonds. The normalized spacial score (nSPS) is 17.2. The van der Waals surface area contributed by atoms with E-state index in [-0.39, 0.29) is 49.7 Å². The van der Waals surface area contributed by atoms with Crippen LogP contribution in [0.5, 0.6) is 5.88 Å². The minimum atomic E-state index is -4.71. The average Bonchev–Trinajstić information content (AvgIpc) is 3.40. The summed E-state index contributed by atoms with van der Waals surface area (Å²) in [5.41, 5.74) is 0.517. The van der Waals surface area contributed by atoms with Crippen LogP contribution in [-0.2, 0) is 9.36 Å². The molecule has 1 saturated heterocycles. The molecule has 0 bridgehead atoms. The molecule has 1 saturated carbocycles. The van der Waals surface area contributed by atoms with Crippen molar-refractivity contribution in [2.75, 3.05) is 32.3 Å². The number of amides is 3. The van der Waals surface area contributed by atoms with E-state index >= 15 is 0 Å². The third-order valence-electron chi connectivity index (χ3n) is 6.44. The Morgan fingerprint density at radius 3 is 2.26 bits per heavy atom. The number of rotatable bonds is 8. The molecule has 1 aromatic carbocycles. The zero-order valence-electron chi connectivity index (χ0n) is 20.6. The zero-order valence-corrected chi connectivity index (χ0v) is 21.5. The first-order chi connectivity index (χ1) is 18.1. The molecule has 4 N–H and O–H groups in total. The molecular formula is C24H30N5O8P. The van der Waals surface area contributed by atoms with Gasteiger partial charge >= 0.3 is 13.7 Å². The van der Waals surface area contributed by atoms with E-state index in [1.54, 1.807) is 24.3 Å². The van der Waals surface area contributed by atoms with E-state index < -0.39 is 37.7 Å². The maximum atomic E-state index is 13.3. The highest BCUT2D eigenvalue weighted by molar-refractivity contribution is 7.51. The van der Waals surface area contributed by atoms with Gasteiger partial charge in [-0.15, -0.1) is 0 Å². The summed E-state index contributed by atoms with van der Waals surface area (Å²) in [4.78, 5) is 68.0. The molecule has 1 aliphatic carbocycles. The summed E-state index contributed by atoms with van der Waals surface area (Å²) >= 11 is 0. The van der Waals surface area contributed by atoms with Crippen molar-refractivity contribution in [3.8, 4) is 17.3 Å². The quantitative estimate of drug-likeness (QED) is 0.354. The molecule has 13 nitrogen and oxygen atoms in total. The maximum Gasteiger partial charge on any atom is 0.407 e. The third-order valence-corrected chi connectivity index (χ3v) is 7.28. The Morgan fingerprint density at radius 2 is 1.66 bits per heavy atom. The predicted octanol–water partition coefficient (Wildman–Crippen LogP) is 1.56. The molecule has 204 valence electrons.